The van der Waals surface area contributed by atoms with E-state index in [-0.39, 0.29) is 11.8 Å². The summed E-state index contributed by atoms with van der Waals surface area (Å²) >= 11 is 0. The molecule has 0 saturated carbocycles. The van der Waals surface area contributed by atoms with Gasteiger partial charge in [-0.05, 0) is 31.6 Å². The molecule has 1 aromatic rings. The average Bonchev–Trinajstić information content (AvgIpc) is 2.27. The molecule has 0 bridgehead atoms. The number of Topliss-reactive ketones (excluding diaryl/α,β-unsaturated/α-hetero) is 1. The number of esters is 1. The number of benzene rings is 1. The highest BCUT2D eigenvalue weighted by molar-refractivity contribution is 5.95. The monoisotopic (exact) mass is 218 g/mol. The van der Waals surface area contributed by atoms with Gasteiger partial charge in [0.1, 0.15) is 0 Å². The average molecular weight is 218 g/mol. The largest absolute Gasteiger partial charge is 0.463 e. The van der Waals surface area contributed by atoms with E-state index in [9.17, 15) is 9.59 Å². The molecule has 0 heterocycles. The van der Waals surface area contributed by atoms with Crippen molar-refractivity contribution in [2.75, 3.05) is 6.61 Å². The Morgan fingerprint density at radius 2 is 2.12 bits per heavy atom. The minimum Gasteiger partial charge on any atom is -0.463 e. The van der Waals surface area contributed by atoms with Crippen LogP contribution in [0.15, 0.2) is 30.3 Å². The first-order chi connectivity index (χ1) is 7.63. The van der Waals surface area contributed by atoms with E-state index < -0.39 is 0 Å². The molecule has 3 nitrogen and oxygen atoms in total. The highest BCUT2D eigenvalue weighted by Gasteiger charge is 1.99. The van der Waals surface area contributed by atoms with Crippen molar-refractivity contribution in [2.45, 2.75) is 13.8 Å². The van der Waals surface area contributed by atoms with Crippen LogP contribution < -0.4 is 0 Å². The third-order valence-electron chi connectivity index (χ3n) is 1.99. The molecular formula is C13H14O3. The first-order valence-electron chi connectivity index (χ1n) is 5.09. The maximum absolute atomic E-state index is 11.1. The van der Waals surface area contributed by atoms with E-state index in [0.29, 0.717) is 12.2 Å². The number of carbonyl (C=O) groups is 2. The van der Waals surface area contributed by atoms with Crippen molar-refractivity contribution >= 4 is 17.8 Å². The van der Waals surface area contributed by atoms with Crippen molar-refractivity contribution in [1.82, 2.24) is 0 Å². The second-order valence-electron chi connectivity index (χ2n) is 3.27. The van der Waals surface area contributed by atoms with Gasteiger partial charge in [-0.1, -0.05) is 18.2 Å². The molecule has 1 aromatic carbocycles. The third kappa shape index (κ3) is 3.69. The van der Waals surface area contributed by atoms with Crippen molar-refractivity contribution in [1.29, 1.82) is 0 Å². The molecular weight excluding hydrogens is 204 g/mol. The first-order valence-corrected chi connectivity index (χ1v) is 5.09. The predicted octanol–water partition coefficient (Wildman–Crippen LogP) is 2.47. The van der Waals surface area contributed by atoms with E-state index in [1.807, 2.05) is 6.07 Å². The van der Waals surface area contributed by atoms with E-state index in [1.54, 1.807) is 31.2 Å². The van der Waals surface area contributed by atoms with Gasteiger partial charge >= 0.3 is 5.97 Å². The summed E-state index contributed by atoms with van der Waals surface area (Å²) in [4.78, 5) is 22.2. The fourth-order valence-electron chi connectivity index (χ4n) is 1.22. The van der Waals surface area contributed by atoms with Crippen LogP contribution in [0.4, 0.5) is 0 Å². The maximum Gasteiger partial charge on any atom is 0.330 e. The molecule has 0 fully saturated rings. The Labute approximate surface area is 94.7 Å². The SMILES string of the molecule is CCOC(=O)C=Cc1cccc(C(C)=O)c1. The molecule has 0 radical (unpaired) electrons. The molecule has 84 valence electrons. The molecule has 1 rings (SSSR count). The Hall–Kier alpha value is -1.90. The zero-order valence-corrected chi connectivity index (χ0v) is 9.40. The molecule has 0 saturated heterocycles. The molecule has 0 spiro atoms. The molecule has 0 N–H and O–H groups in total. The number of carbonyl (C=O) groups excluding carboxylic acids is 2. The van der Waals surface area contributed by atoms with Gasteiger partial charge in [0, 0.05) is 11.6 Å². The van der Waals surface area contributed by atoms with E-state index >= 15 is 0 Å². The molecule has 0 aromatic heterocycles. The number of ether oxygens (including phenoxy) is 1. The van der Waals surface area contributed by atoms with Gasteiger partial charge in [-0.25, -0.2) is 4.79 Å². The Balaban J connectivity index is 2.77. The summed E-state index contributed by atoms with van der Waals surface area (Å²) in [6, 6.07) is 7.08. The lowest BCUT2D eigenvalue weighted by Gasteiger charge is -1.98. The standard InChI is InChI=1S/C13H14O3/c1-3-16-13(15)8-7-11-5-4-6-12(9-11)10(2)14/h4-9H,3H2,1-2H3. The van der Waals surface area contributed by atoms with Crippen molar-refractivity contribution in [3.05, 3.63) is 41.5 Å². The molecule has 3 heteroatoms. The van der Waals surface area contributed by atoms with Crippen molar-refractivity contribution < 1.29 is 14.3 Å². The van der Waals surface area contributed by atoms with Crippen LogP contribution in [0.1, 0.15) is 29.8 Å². The van der Waals surface area contributed by atoms with Crippen LogP contribution in [0, 0.1) is 0 Å². The Kier molecular flexibility index (Phi) is 4.45. The van der Waals surface area contributed by atoms with E-state index in [4.69, 9.17) is 4.74 Å². The van der Waals surface area contributed by atoms with Gasteiger partial charge in [0.2, 0.25) is 0 Å². The minimum atomic E-state index is -0.379. The van der Waals surface area contributed by atoms with Crippen molar-refractivity contribution in [3.63, 3.8) is 0 Å². The Bertz CT molecular complexity index is 419. The minimum absolute atomic E-state index is 0.00591. The van der Waals surface area contributed by atoms with Gasteiger partial charge in [0.15, 0.2) is 5.78 Å². The summed E-state index contributed by atoms with van der Waals surface area (Å²) < 4.78 is 4.75. The quantitative estimate of drug-likeness (QED) is 0.443. The first kappa shape index (κ1) is 12.2. The van der Waals surface area contributed by atoms with Crippen LogP contribution in [0.2, 0.25) is 0 Å². The van der Waals surface area contributed by atoms with Gasteiger partial charge < -0.3 is 4.74 Å². The fraction of sp³-hybridized carbons (Fsp3) is 0.231. The summed E-state index contributed by atoms with van der Waals surface area (Å²) in [5, 5.41) is 0. The second-order valence-corrected chi connectivity index (χ2v) is 3.27. The third-order valence-corrected chi connectivity index (χ3v) is 1.99. The number of ketones is 1. The van der Waals surface area contributed by atoms with Gasteiger partial charge in [0.25, 0.3) is 0 Å². The Morgan fingerprint density at radius 3 is 2.75 bits per heavy atom. The predicted molar refractivity (Wildman–Crippen MR) is 62.1 cm³/mol. The lowest BCUT2D eigenvalue weighted by Crippen LogP contribution is -1.98. The van der Waals surface area contributed by atoms with Gasteiger partial charge in [0.05, 0.1) is 6.61 Å². The van der Waals surface area contributed by atoms with E-state index in [1.165, 1.54) is 13.0 Å². The molecule has 16 heavy (non-hydrogen) atoms. The van der Waals surface area contributed by atoms with Gasteiger partial charge in [-0.15, -0.1) is 0 Å². The summed E-state index contributed by atoms with van der Waals surface area (Å²) in [6.45, 7) is 3.62. The summed E-state index contributed by atoms with van der Waals surface area (Å²) in [7, 11) is 0. The van der Waals surface area contributed by atoms with Crippen molar-refractivity contribution in [3.8, 4) is 0 Å². The van der Waals surface area contributed by atoms with Crippen LogP contribution in [0.5, 0.6) is 0 Å². The zero-order valence-electron chi connectivity index (χ0n) is 9.40. The zero-order chi connectivity index (χ0) is 12.0. The molecule has 0 aliphatic carbocycles. The van der Waals surface area contributed by atoms with Crippen LogP contribution in [-0.4, -0.2) is 18.4 Å². The van der Waals surface area contributed by atoms with Crippen LogP contribution >= 0.6 is 0 Å². The maximum atomic E-state index is 11.1. The van der Waals surface area contributed by atoms with Gasteiger partial charge in [-0.3, -0.25) is 4.79 Å². The summed E-state index contributed by atoms with van der Waals surface area (Å²) in [5.41, 5.74) is 1.44. The fourth-order valence-corrected chi connectivity index (χ4v) is 1.22. The second kappa shape index (κ2) is 5.85. The van der Waals surface area contributed by atoms with E-state index in [2.05, 4.69) is 0 Å². The lowest BCUT2D eigenvalue weighted by molar-refractivity contribution is -0.137. The Morgan fingerprint density at radius 1 is 1.38 bits per heavy atom. The molecule has 0 unspecified atom stereocenters. The topological polar surface area (TPSA) is 43.4 Å². The lowest BCUT2D eigenvalue weighted by atomic mass is 10.1. The smallest absolute Gasteiger partial charge is 0.330 e. The molecule has 0 aliphatic heterocycles. The molecule has 0 aliphatic rings. The van der Waals surface area contributed by atoms with Gasteiger partial charge in [-0.2, -0.15) is 0 Å². The highest BCUT2D eigenvalue weighted by atomic mass is 16.5. The normalized spacial score (nSPS) is 10.4. The van der Waals surface area contributed by atoms with Crippen LogP contribution in [0.3, 0.4) is 0 Å². The van der Waals surface area contributed by atoms with E-state index in [0.717, 1.165) is 5.56 Å². The molecule has 0 atom stereocenters. The number of hydrogen-bond acceptors (Lipinski definition) is 3. The number of rotatable bonds is 4. The highest BCUT2D eigenvalue weighted by Crippen LogP contribution is 2.07. The molecule has 0 amide bonds. The number of hydrogen-bond donors (Lipinski definition) is 0. The van der Waals surface area contributed by atoms with Crippen LogP contribution in [-0.2, 0) is 9.53 Å². The summed E-state index contributed by atoms with van der Waals surface area (Å²) in [6.07, 6.45) is 2.98. The summed E-state index contributed by atoms with van der Waals surface area (Å²) in [5.74, 6) is -0.373. The van der Waals surface area contributed by atoms with Crippen molar-refractivity contribution in [2.24, 2.45) is 0 Å². The van der Waals surface area contributed by atoms with Crippen LogP contribution in [0.25, 0.3) is 6.08 Å².